The van der Waals surface area contributed by atoms with Gasteiger partial charge in [0.2, 0.25) is 0 Å². The molecule has 2 aromatic rings. The van der Waals surface area contributed by atoms with Crippen LogP contribution in [0.3, 0.4) is 0 Å². The van der Waals surface area contributed by atoms with E-state index >= 15 is 0 Å². The lowest BCUT2D eigenvalue weighted by molar-refractivity contribution is -0.243. The standard InChI is InChI=1S/C24H26O3/c25-22(26)23-14-17-11-19(15-23)24(27,18-9-5-2-6-10-18)21(13-17)20(23)12-16-7-3-1-4-8-16/h1-10,17,19-21,27H,11-15H2,(H,25,26). The summed E-state index contributed by atoms with van der Waals surface area (Å²) in [4.78, 5) is 12.5. The zero-order valence-electron chi connectivity index (χ0n) is 15.4. The average molecular weight is 362 g/mol. The van der Waals surface area contributed by atoms with E-state index in [2.05, 4.69) is 12.1 Å². The lowest BCUT2D eigenvalue weighted by Crippen LogP contribution is -2.66. The van der Waals surface area contributed by atoms with Gasteiger partial charge in [-0.1, -0.05) is 60.7 Å². The molecule has 0 aliphatic heterocycles. The van der Waals surface area contributed by atoms with Gasteiger partial charge in [0.05, 0.1) is 11.0 Å². The molecule has 0 saturated heterocycles. The minimum Gasteiger partial charge on any atom is -0.481 e. The summed E-state index contributed by atoms with van der Waals surface area (Å²) >= 11 is 0. The summed E-state index contributed by atoms with van der Waals surface area (Å²) in [6.45, 7) is 0. The summed E-state index contributed by atoms with van der Waals surface area (Å²) in [6, 6.07) is 20.2. The van der Waals surface area contributed by atoms with Crippen LogP contribution in [0.25, 0.3) is 0 Å². The molecule has 0 spiro atoms. The lowest BCUT2D eigenvalue weighted by Gasteiger charge is -2.66. The smallest absolute Gasteiger partial charge is 0.309 e. The maximum atomic E-state index is 12.5. The van der Waals surface area contributed by atoms with Gasteiger partial charge < -0.3 is 10.2 Å². The fraction of sp³-hybridized carbons (Fsp3) is 0.458. The van der Waals surface area contributed by atoms with Gasteiger partial charge in [0, 0.05) is 0 Å². The molecule has 6 rings (SSSR count). The lowest BCUT2D eigenvalue weighted by atomic mass is 9.39. The molecule has 4 fully saturated rings. The minimum absolute atomic E-state index is 0.00227. The minimum atomic E-state index is -0.906. The number of aliphatic hydroxyl groups is 1. The number of hydrogen-bond acceptors (Lipinski definition) is 2. The van der Waals surface area contributed by atoms with Gasteiger partial charge in [-0.25, -0.2) is 0 Å². The first-order valence-corrected chi connectivity index (χ1v) is 10.1. The Balaban J connectivity index is 1.62. The molecule has 4 bridgehead atoms. The second-order valence-corrected chi connectivity index (χ2v) is 9.00. The van der Waals surface area contributed by atoms with Crippen molar-refractivity contribution in [3.8, 4) is 0 Å². The molecule has 27 heavy (non-hydrogen) atoms. The first-order chi connectivity index (χ1) is 13.0. The van der Waals surface area contributed by atoms with Crippen molar-refractivity contribution >= 4 is 5.97 Å². The molecule has 140 valence electrons. The van der Waals surface area contributed by atoms with Crippen LogP contribution in [0.1, 0.15) is 36.8 Å². The van der Waals surface area contributed by atoms with Crippen LogP contribution in [-0.2, 0) is 16.8 Å². The molecule has 0 heterocycles. The maximum absolute atomic E-state index is 12.5. The molecule has 0 radical (unpaired) electrons. The van der Waals surface area contributed by atoms with Crippen molar-refractivity contribution in [2.75, 3.05) is 0 Å². The zero-order chi connectivity index (χ0) is 18.6. The van der Waals surface area contributed by atoms with Crippen LogP contribution in [0, 0.1) is 29.1 Å². The number of carboxylic acids is 1. The third-order valence-electron chi connectivity index (χ3n) is 7.81. The van der Waals surface area contributed by atoms with E-state index in [1.807, 2.05) is 48.5 Å². The highest BCUT2D eigenvalue weighted by Gasteiger charge is 2.69. The van der Waals surface area contributed by atoms with Gasteiger partial charge in [0.15, 0.2) is 0 Å². The molecular formula is C24H26O3. The zero-order valence-corrected chi connectivity index (χ0v) is 15.4. The second kappa shape index (κ2) is 5.93. The summed E-state index contributed by atoms with van der Waals surface area (Å²) in [7, 11) is 0. The van der Waals surface area contributed by atoms with Crippen molar-refractivity contribution in [3.63, 3.8) is 0 Å². The Kier molecular flexibility index (Phi) is 3.74. The molecule has 6 unspecified atom stereocenters. The maximum Gasteiger partial charge on any atom is 0.309 e. The first kappa shape index (κ1) is 17.0. The molecular weight excluding hydrogens is 336 g/mol. The van der Waals surface area contributed by atoms with Gasteiger partial charge in [0.1, 0.15) is 0 Å². The normalized spacial score (nSPS) is 39.4. The Morgan fingerprint density at radius 2 is 1.63 bits per heavy atom. The number of carbonyl (C=O) groups is 1. The van der Waals surface area contributed by atoms with E-state index in [9.17, 15) is 15.0 Å². The van der Waals surface area contributed by atoms with Crippen LogP contribution in [0.2, 0.25) is 0 Å². The highest BCUT2D eigenvalue weighted by Crippen LogP contribution is 2.69. The van der Waals surface area contributed by atoms with Crippen molar-refractivity contribution in [1.82, 2.24) is 0 Å². The Morgan fingerprint density at radius 1 is 0.963 bits per heavy atom. The highest BCUT2D eigenvalue weighted by molar-refractivity contribution is 5.76. The molecule has 4 aliphatic carbocycles. The third-order valence-corrected chi connectivity index (χ3v) is 7.81. The van der Waals surface area contributed by atoms with E-state index in [-0.39, 0.29) is 17.8 Å². The van der Waals surface area contributed by atoms with E-state index < -0.39 is 17.0 Å². The molecule has 3 nitrogen and oxygen atoms in total. The topological polar surface area (TPSA) is 57.5 Å². The van der Waals surface area contributed by atoms with E-state index in [4.69, 9.17) is 0 Å². The molecule has 2 aromatic carbocycles. The van der Waals surface area contributed by atoms with Gasteiger partial charge in [0.25, 0.3) is 0 Å². The number of benzene rings is 2. The predicted octanol–water partition coefficient (Wildman–Crippen LogP) is 4.25. The second-order valence-electron chi connectivity index (χ2n) is 9.00. The number of hydrogen-bond donors (Lipinski definition) is 2. The summed E-state index contributed by atoms with van der Waals surface area (Å²) in [5, 5.41) is 22.3. The van der Waals surface area contributed by atoms with Gasteiger partial charge in [-0.05, 0) is 66.9 Å². The highest BCUT2D eigenvalue weighted by atomic mass is 16.4. The summed E-state index contributed by atoms with van der Waals surface area (Å²) < 4.78 is 0. The molecule has 2 N–H and O–H groups in total. The third kappa shape index (κ3) is 2.34. The molecule has 0 amide bonds. The monoisotopic (exact) mass is 362 g/mol. The fourth-order valence-electron chi connectivity index (χ4n) is 6.82. The van der Waals surface area contributed by atoms with E-state index in [1.54, 1.807) is 0 Å². The summed E-state index contributed by atoms with van der Waals surface area (Å²) in [5.41, 5.74) is 0.549. The van der Waals surface area contributed by atoms with Crippen LogP contribution in [-0.4, -0.2) is 16.2 Å². The summed E-state index contributed by atoms with van der Waals surface area (Å²) in [6.07, 6.45) is 3.99. The summed E-state index contributed by atoms with van der Waals surface area (Å²) in [5.74, 6) is -0.211. The Bertz CT molecular complexity index is 848. The van der Waals surface area contributed by atoms with E-state index in [0.717, 1.165) is 31.2 Å². The molecule has 3 heteroatoms. The van der Waals surface area contributed by atoms with Crippen LogP contribution in [0.5, 0.6) is 0 Å². The van der Waals surface area contributed by atoms with Crippen molar-refractivity contribution in [3.05, 3.63) is 71.8 Å². The van der Waals surface area contributed by atoms with Crippen LogP contribution in [0.4, 0.5) is 0 Å². The Hall–Kier alpha value is -2.13. The largest absolute Gasteiger partial charge is 0.481 e. The van der Waals surface area contributed by atoms with Crippen molar-refractivity contribution in [1.29, 1.82) is 0 Å². The van der Waals surface area contributed by atoms with Gasteiger partial charge >= 0.3 is 5.97 Å². The van der Waals surface area contributed by atoms with Crippen molar-refractivity contribution in [2.24, 2.45) is 29.1 Å². The van der Waals surface area contributed by atoms with Gasteiger partial charge in [-0.15, -0.1) is 0 Å². The van der Waals surface area contributed by atoms with Gasteiger partial charge in [-0.3, -0.25) is 4.79 Å². The number of rotatable bonds is 4. The Morgan fingerprint density at radius 3 is 2.30 bits per heavy atom. The molecule has 4 aliphatic rings. The van der Waals surface area contributed by atoms with Crippen LogP contribution < -0.4 is 0 Å². The molecule has 6 atom stereocenters. The fourth-order valence-corrected chi connectivity index (χ4v) is 6.82. The SMILES string of the molecule is O=C(O)C12CC3CC(C1)C(O)(c1ccccc1)C(C3)C2Cc1ccccc1. The predicted molar refractivity (Wildman–Crippen MR) is 103 cm³/mol. The Labute approximate surface area is 160 Å². The van der Waals surface area contributed by atoms with E-state index in [1.165, 1.54) is 5.56 Å². The van der Waals surface area contributed by atoms with Crippen molar-refractivity contribution < 1.29 is 15.0 Å². The van der Waals surface area contributed by atoms with E-state index in [0.29, 0.717) is 12.3 Å². The van der Waals surface area contributed by atoms with Crippen molar-refractivity contribution in [2.45, 2.75) is 37.7 Å². The first-order valence-electron chi connectivity index (χ1n) is 10.1. The molecule has 0 aromatic heterocycles. The number of aliphatic carboxylic acids is 1. The number of carboxylic acid groups (broad SMARTS) is 1. The average Bonchev–Trinajstić information content (AvgIpc) is 2.69. The van der Waals surface area contributed by atoms with Crippen LogP contribution >= 0.6 is 0 Å². The quantitative estimate of drug-likeness (QED) is 0.855. The molecule has 4 saturated carbocycles. The van der Waals surface area contributed by atoms with Gasteiger partial charge in [-0.2, -0.15) is 0 Å². The van der Waals surface area contributed by atoms with Crippen LogP contribution in [0.15, 0.2) is 60.7 Å².